The largest absolute Gasteiger partial charge is 0.394 e. The fraction of sp³-hybridized carbons (Fsp3) is 0.480. The molecule has 30 heavy (non-hydrogen) atoms. The van der Waals surface area contributed by atoms with Gasteiger partial charge in [0.1, 0.15) is 0 Å². The third kappa shape index (κ3) is 4.41. The highest BCUT2D eigenvalue weighted by Crippen LogP contribution is 2.38. The third-order valence-electron chi connectivity index (χ3n) is 6.15. The Morgan fingerprint density at radius 2 is 1.97 bits per heavy atom. The van der Waals surface area contributed by atoms with E-state index in [9.17, 15) is 15.0 Å². The molecule has 1 aliphatic rings. The highest BCUT2D eigenvalue weighted by Gasteiger charge is 2.37. The first-order valence-corrected chi connectivity index (χ1v) is 11.0. The van der Waals surface area contributed by atoms with Crippen molar-refractivity contribution in [3.63, 3.8) is 0 Å². The number of benzene rings is 2. The molecule has 0 radical (unpaired) electrons. The second kappa shape index (κ2) is 8.70. The van der Waals surface area contributed by atoms with E-state index in [1.807, 2.05) is 43.3 Å². The first kappa shape index (κ1) is 22.8. The Hall–Kier alpha value is -1.88. The molecule has 0 spiro atoms. The van der Waals surface area contributed by atoms with Gasteiger partial charge in [0.2, 0.25) is 5.91 Å². The monoisotopic (exact) mass is 429 g/mol. The molecule has 2 atom stereocenters. The molecular weight excluding hydrogens is 398 g/mol. The predicted octanol–water partition coefficient (Wildman–Crippen LogP) is 4.74. The SMILES string of the molecule is CC(C)c1ccc(Cl)c(CC(=O)N2[C@@H](CO)Cc3c(cccc3C(C)(C)O)[C@@H]2C)c1. The lowest BCUT2D eigenvalue weighted by Crippen LogP contribution is -2.49. The summed E-state index contributed by atoms with van der Waals surface area (Å²) >= 11 is 6.39. The zero-order valence-corrected chi connectivity index (χ0v) is 19.2. The van der Waals surface area contributed by atoms with Crippen LogP contribution < -0.4 is 0 Å². The van der Waals surface area contributed by atoms with Crippen LogP contribution in [0.15, 0.2) is 36.4 Å². The molecule has 2 N–H and O–H groups in total. The molecular formula is C25H32ClNO3. The second-order valence-electron chi connectivity index (χ2n) is 9.13. The van der Waals surface area contributed by atoms with Gasteiger partial charge >= 0.3 is 0 Å². The molecule has 0 aliphatic carbocycles. The van der Waals surface area contributed by atoms with Gasteiger partial charge in [0, 0.05) is 5.02 Å². The number of rotatable bonds is 5. The van der Waals surface area contributed by atoms with E-state index >= 15 is 0 Å². The van der Waals surface area contributed by atoms with Crippen molar-refractivity contribution in [3.05, 3.63) is 69.2 Å². The Morgan fingerprint density at radius 3 is 2.57 bits per heavy atom. The van der Waals surface area contributed by atoms with Gasteiger partial charge in [0.15, 0.2) is 0 Å². The Kier molecular flexibility index (Phi) is 6.61. The lowest BCUT2D eigenvalue weighted by Gasteiger charge is -2.43. The molecule has 0 unspecified atom stereocenters. The van der Waals surface area contributed by atoms with E-state index in [0.29, 0.717) is 17.4 Å². The summed E-state index contributed by atoms with van der Waals surface area (Å²) in [6, 6.07) is 11.2. The summed E-state index contributed by atoms with van der Waals surface area (Å²) in [5, 5.41) is 21.3. The van der Waals surface area contributed by atoms with E-state index in [0.717, 1.165) is 27.8 Å². The van der Waals surface area contributed by atoms with E-state index in [4.69, 9.17) is 11.6 Å². The van der Waals surface area contributed by atoms with Crippen LogP contribution in [0.2, 0.25) is 5.02 Å². The summed E-state index contributed by atoms with van der Waals surface area (Å²) < 4.78 is 0. The summed E-state index contributed by atoms with van der Waals surface area (Å²) in [5.41, 5.74) is 3.88. The van der Waals surface area contributed by atoms with Gasteiger partial charge < -0.3 is 15.1 Å². The van der Waals surface area contributed by atoms with Gasteiger partial charge in [-0.15, -0.1) is 0 Å². The summed E-state index contributed by atoms with van der Waals surface area (Å²) in [6.45, 7) is 9.61. The van der Waals surface area contributed by atoms with Gasteiger partial charge in [-0.05, 0) is 67.0 Å². The molecule has 5 heteroatoms. The zero-order chi connectivity index (χ0) is 22.2. The summed E-state index contributed by atoms with van der Waals surface area (Å²) in [5.74, 6) is 0.297. The van der Waals surface area contributed by atoms with Crippen LogP contribution in [0.1, 0.15) is 74.4 Å². The Morgan fingerprint density at radius 1 is 1.27 bits per heavy atom. The minimum atomic E-state index is -0.984. The van der Waals surface area contributed by atoms with E-state index in [-0.39, 0.29) is 31.0 Å². The van der Waals surface area contributed by atoms with Gasteiger partial charge in [0.05, 0.1) is 30.7 Å². The molecule has 4 nitrogen and oxygen atoms in total. The van der Waals surface area contributed by atoms with Crippen molar-refractivity contribution in [1.82, 2.24) is 4.90 Å². The molecule has 1 heterocycles. The number of fused-ring (bicyclic) bond motifs is 1. The predicted molar refractivity (Wildman–Crippen MR) is 121 cm³/mol. The average Bonchev–Trinajstić information content (AvgIpc) is 2.67. The van der Waals surface area contributed by atoms with Crippen LogP contribution in [0.25, 0.3) is 0 Å². The maximum absolute atomic E-state index is 13.4. The minimum Gasteiger partial charge on any atom is -0.394 e. The van der Waals surface area contributed by atoms with Crippen LogP contribution in [-0.4, -0.2) is 33.7 Å². The van der Waals surface area contributed by atoms with Gasteiger partial charge in [-0.1, -0.05) is 55.8 Å². The highest BCUT2D eigenvalue weighted by atomic mass is 35.5. The van der Waals surface area contributed by atoms with Crippen molar-refractivity contribution in [2.24, 2.45) is 0 Å². The maximum atomic E-state index is 13.4. The maximum Gasteiger partial charge on any atom is 0.227 e. The average molecular weight is 430 g/mol. The number of hydrogen-bond donors (Lipinski definition) is 2. The van der Waals surface area contributed by atoms with Crippen LogP contribution in [0.4, 0.5) is 0 Å². The number of aliphatic hydroxyl groups is 2. The van der Waals surface area contributed by atoms with Crippen molar-refractivity contribution in [3.8, 4) is 0 Å². The van der Waals surface area contributed by atoms with Crippen molar-refractivity contribution >= 4 is 17.5 Å². The van der Waals surface area contributed by atoms with E-state index < -0.39 is 5.60 Å². The molecule has 1 aliphatic heterocycles. The van der Waals surface area contributed by atoms with Crippen molar-refractivity contribution in [2.45, 2.75) is 71.1 Å². The molecule has 0 bridgehead atoms. The number of halogens is 1. The van der Waals surface area contributed by atoms with Crippen LogP contribution in [0.3, 0.4) is 0 Å². The van der Waals surface area contributed by atoms with Crippen LogP contribution in [0.5, 0.6) is 0 Å². The Balaban J connectivity index is 1.95. The lowest BCUT2D eigenvalue weighted by molar-refractivity contribution is -0.137. The van der Waals surface area contributed by atoms with Gasteiger partial charge in [-0.2, -0.15) is 0 Å². The van der Waals surface area contributed by atoms with E-state index in [2.05, 4.69) is 13.8 Å². The fourth-order valence-corrected chi connectivity index (χ4v) is 4.70. The van der Waals surface area contributed by atoms with Crippen LogP contribution >= 0.6 is 11.6 Å². The zero-order valence-electron chi connectivity index (χ0n) is 18.4. The Bertz CT molecular complexity index is 932. The van der Waals surface area contributed by atoms with Gasteiger partial charge in [-0.25, -0.2) is 0 Å². The smallest absolute Gasteiger partial charge is 0.227 e. The molecule has 2 aromatic carbocycles. The Labute approximate surface area is 184 Å². The van der Waals surface area contributed by atoms with E-state index in [1.54, 1.807) is 18.7 Å². The topological polar surface area (TPSA) is 60.8 Å². The normalized spacial score (nSPS) is 19.2. The van der Waals surface area contributed by atoms with Crippen molar-refractivity contribution < 1.29 is 15.0 Å². The molecule has 3 rings (SSSR count). The number of nitrogens with zero attached hydrogens (tertiary/aromatic N) is 1. The molecule has 1 amide bonds. The number of carbonyl (C=O) groups is 1. The fourth-order valence-electron chi connectivity index (χ4n) is 4.51. The standard InChI is InChI=1S/C25H32ClNO3/c1-15(2)17-9-10-23(26)18(11-17)12-24(29)27-16(3)20-7-6-8-22(25(4,5)30)21(20)13-19(27)14-28/h6-11,15-16,19,28,30H,12-14H2,1-5H3/t16-,19+/m0/s1. The summed E-state index contributed by atoms with van der Waals surface area (Å²) in [7, 11) is 0. The summed E-state index contributed by atoms with van der Waals surface area (Å²) in [6.07, 6.45) is 0.711. The molecule has 2 aromatic rings. The van der Waals surface area contributed by atoms with Gasteiger partial charge in [-0.3, -0.25) is 4.79 Å². The van der Waals surface area contributed by atoms with Crippen molar-refractivity contribution in [1.29, 1.82) is 0 Å². The number of amides is 1. The molecule has 0 saturated heterocycles. The number of hydrogen-bond acceptors (Lipinski definition) is 3. The van der Waals surface area contributed by atoms with Crippen LogP contribution in [-0.2, 0) is 23.2 Å². The second-order valence-corrected chi connectivity index (χ2v) is 9.54. The number of carbonyl (C=O) groups excluding carboxylic acids is 1. The quantitative estimate of drug-likeness (QED) is 0.721. The molecule has 0 saturated carbocycles. The first-order chi connectivity index (χ1) is 14.0. The number of aliphatic hydroxyl groups excluding tert-OH is 1. The minimum absolute atomic E-state index is 0.0522. The lowest BCUT2D eigenvalue weighted by atomic mass is 9.81. The van der Waals surface area contributed by atoms with E-state index in [1.165, 1.54) is 0 Å². The van der Waals surface area contributed by atoms with Gasteiger partial charge in [0.25, 0.3) is 0 Å². The molecule has 162 valence electrons. The molecule has 0 fully saturated rings. The first-order valence-electron chi connectivity index (χ1n) is 10.6. The summed E-state index contributed by atoms with van der Waals surface area (Å²) in [4.78, 5) is 15.2. The van der Waals surface area contributed by atoms with Crippen LogP contribution in [0, 0.1) is 0 Å². The third-order valence-corrected chi connectivity index (χ3v) is 6.52. The van der Waals surface area contributed by atoms with Crippen molar-refractivity contribution in [2.75, 3.05) is 6.61 Å². The molecule has 0 aromatic heterocycles. The highest BCUT2D eigenvalue weighted by molar-refractivity contribution is 6.31.